The molecule has 150 valence electrons. The van der Waals surface area contributed by atoms with E-state index in [1.54, 1.807) is 0 Å². The lowest BCUT2D eigenvalue weighted by Gasteiger charge is -2.14. The number of carbonyl (C=O) groups is 2. The van der Waals surface area contributed by atoms with E-state index in [1.807, 2.05) is 58.0 Å². The van der Waals surface area contributed by atoms with Gasteiger partial charge in [0.1, 0.15) is 5.75 Å². The highest BCUT2D eigenvalue weighted by Gasteiger charge is 2.11. The van der Waals surface area contributed by atoms with Crippen LogP contribution in [-0.4, -0.2) is 25.0 Å². The molecule has 0 radical (unpaired) electrons. The summed E-state index contributed by atoms with van der Waals surface area (Å²) in [6, 6.07) is 9.85. The zero-order valence-corrected chi connectivity index (χ0v) is 17.6. The lowest BCUT2D eigenvalue weighted by atomic mass is 9.98. The van der Waals surface area contributed by atoms with Gasteiger partial charge in [-0.05, 0) is 68.0 Å². The summed E-state index contributed by atoms with van der Waals surface area (Å²) in [4.78, 5) is 24.2. The van der Waals surface area contributed by atoms with Crippen LogP contribution in [0.2, 0.25) is 0 Å². The van der Waals surface area contributed by atoms with Crippen LogP contribution in [0.1, 0.15) is 47.6 Å². The maximum atomic E-state index is 12.2. The van der Waals surface area contributed by atoms with E-state index in [4.69, 9.17) is 4.74 Å². The molecule has 2 amide bonds. The van der Waals surface area contributed by atoms with Crippen LogP contribution >= 0.6 is 0 Å². The Morgan fingerprint density at radius 1 is 0.929 bits per heavy atom. The lowest BCUT2D eigenvalue weighted by Crippen LogP contribution is -2.36. The third-order valence-corrected chi connectivity index (χ3v) is 4.62. The monoisotopic (exact) mass is 382 g/mol. The molecule has 0 heterocycles. The van der Waals surface area contributed by atoms with Crippen LogP contribution in [0.5, 0.6) is 5.75 Å². The zero-order chi connectivity index (χ0) is 20.8. The highest BCUT2D eigenvalue weighted by Crippen LogP contribution is 2.23. The minimum Gasteiger partial charge on any atom is -0.484 e. The molecule has 0 spiro atoms. The standard InChI is InChI=1S/C23H30N2O3/c1-14(2)20-8-7-19(11-16(20)4)28-13-22(27)24-12-21(26)25-23-17(5)9-15(3)10-18(23)6/h7-11,14H,12-13H2,1-6H3,(H,24,27)(H,25,26). The van der Waals surface area contributed by atoms with E-state index in [-0.39, 0.29) is 25.0 Å². The Bertz CT molecular complexity index is 849. The van der Waals surface area contributed by atoms with Crippen molar-refractivity contribution in [3.63, 3.8) is 0 Å². The second kappa shape index (κ2) is 9.40. The molecule has 0 unspecified atom stereocenters. The number of ether oxygens (including phenoxy) is 1. The van der Waals surface area contributed by atoms with E-state index in [2.05, 4.69) is 24.5 Å². The van der Waals surface area contributed by atoms with Crippen molar-refractivity contribution in [2.24, 2.45) is 0 Å². The molecule has 28 heavy (non-hydrogen) atoms. The molecule has 5 heteroatoms. The van der Waals surface area contributed by atoms with Gasteiger partial charge in [0.15, 0.2) is 6.61 Å². The molecule has 2 rings (SSSR count). The Morgan fingerprint density at radius 2 is 1.57 bits per heavy atom. The number of nitrogens with one attached hydrogen (secondary N) is 2. The molecule has 0 aliphatic rings. The van der Waals surface area contributed by atoms with Crippen molar-refractivity contribution in [2.45, 2.75) is 47.5 Å². The molecule has 0 aromatic heterocycles. The third kappa shape index (κ3) is 5.84. The fourth-order valence-electron chi connectivity index (χ4n) is 3.33. The van der Waals surface area contributed by atoms with E-state index in [0.29, 0.717) is 11.7 Å². The van der Waals surface area contributed by atoms with Crippen LogP contribution in [-0.2, 0) is 9.59 Å². The summed E-state index contributed by atoms with van der Waals surface area (Å²) in [6.07, 6.45) is 0. The largest absolute Gasteiger partial charge is 0.484 e. The third-order valence-electron chi connectivity index (χ3n) is 4.62. The summed E-state index contributed by atoms with van der Waals surface area (Å²) in [5.41, 5.74) is 6.34. The van der Waals surface area contributed by atoms with Crippen molar-refractivity contribution in [3.05, 3.63) is 58.1 Å². The molecule has 2 aromatic rings. The minimum atomic E-state index is -0.335. The molecule has 5 nitrogen and oxygen atoms in total. The Kier molecular flexibility index (Phi) is 7.21. The van der Waals surface area contributed by atoms with Gasteiger partial charge in [-0.3, -0.25) is 9.59 Å². The Hall–Kier alpha value is -2.82. The Morgan fingerprint density at radius 3 is 2.14 bits per heavy atom. The van der Waals surface area contributed by atoms with Crippen molar-refractivity contribution in [1.29, 1.82) is 0 Å². The van der Waals surface area contributed by atoms with E-state index in [1.165, 1.54) is 5.56 Å². The number of aryl methyl sites for hydroxylation is 4. The summed E-state index contributed by atoms with van der Waals surface area (Å²) < 4.78 is 5.54. The van der Waals surface area contributed by atoms with Gasteiger partial charge in [0.25, 0.3) is 5.91 Å². The first-order valence-corrected chi connectivity index (χ1v) is 9.55. The number of anilines is 1. The van der Waals surface area contributed by atoms with Gasteiger partial charge in [0.05, 0.1) is 6.54 Å². The van der Waals surface area contributed by atoms with Crippen LogP contribution in [0.3, 0.4) is 0 Å². The SMILES string of the molecule is Cc1cc(C)c(NC(=O)CNC(=O)COc2ccc(C(C)C)c(C)c2)c(C)c1. The van der Waals surface area contributed by atoms with Gasteiger partial charge in [0.2, 0.25) is 5.91 Å². The number of hydrogen-bond acceptors (Lipinski definition) is 3. The van der Waals surface area contributed by atoms with E-state index >= 15 is 0 Å². The quantitative estimate of drug-likeness (QED) is 0.755. The van der Waals surface area contributed by atoms with Gasteiger partial charge >= 0.3 is 0 Å². The first-order chi connectivity index (χ1) is 13.2. The normalized spacial score (nSPS) is 10.7. The molecule has 2 aromatic carbocycles. The molecule has 0 fully saturated rings. The van der Waals surface area contributed by atoms with E-state index in [0.717, 1.165) is 27.9 Å². The van der Waals surface area contributed by atoms with Gasteiger partial charge < -0.3 is 15.4 Å². The van der Waals surface area contributed by atoms with E-state index < -0.39 is 0 Å². The maximum absolute atomic E-state index is 12.2. The van der Waals surface area contributed by atoms with Crippen molar-refractivity contribution in [3.8, 4) is 5.75 Å². The average Bonchev–Trinajstić information content (AvgIpc) is 2.61. The van der Waals surface area contributed by atoms with Gasteiger partial charge in [-0.25, -0.2) is 0 Å². The fourth-order valence-corrected chi connectivity index (χ4v) is 3.33. The summed E-state index contributed by atoms with van der Waals surface area (Å²) in [7, 11) is 0. The fraction of sp³-hybridized carbons (Fsp3) is 0.391. The van der Waals surface area contributed by atoms with Crippen molar-refractivity contribution in [2.75, 3.05) is 18.5 Å². The van der Waals surface area contributed by atoms with Gasteiger partial charge in [-0.15, -0.1) is 0 Å². The Labute approximate surface area is 167 Å². The van der Waals surface area contributed by atoms with Crippen LogP contribution in [0.15, 0.2) is 30.3 Å². The van der Waals surface area contributed by atoms with Crippen LogP contribution in [0, 0.1) is 27.7 Å². The highest BCUT2D eigenvalue weighted by atomic mass is 16.5. The Balaban J connectivity index is 1.83. The molecular formula is C23H30N2O3. The predicted molar refractivity (Wildman–Crippen MR) is 113 cm³/mol. The number of carbonyl (C=O) groups excluding carboxylic acids is 2. The molecular weight excluding hydrogens is 352 g/mol. The summed E-state index contributed by atoms with van der Waals surface area (Å²) in [6.45, 7) is 12.0. The van der Waals surface area contributed by atoms with Crippen molar-refractivity contribution < 1.29 is 14.3 Å². The molecule has 0 atom stereocenters. The van der Waals surface area contributed by atoms with Gasteiger partial charge in [-0.2, -0.15) is 0 Å². The van der Waals surface area contributed by atoms with Crippen LogP contribution in [0.25, 0.3) is 0 Å². The molecule has 2 N–H and O–H groups in total. The molecule has 0 saturated heterocycles. The molecule has 0 saturated carbocycles. The zero-order valence-electron chi connectivity index (χ0n) is 17.6. The molecule has 0 bridgehead atoms. The summed E-state index contributed by atoms with van der Waals surface area (Å²) >= 11 is 0. The minimum absolute atomic E-state index is 0.0970. The van der Waals surface area contributed by atoms with Crippen molar-refractivity contribution >= 4 is 17.5 Å². The maximum Gasteiger partial charge on any atom is 0.258 e. The predicted octanol–water partition coefficient (Wildman–Crippen LogP) is 4.18. The van der Waals surface area contributed by atoms with E-state index in [9.17, 15) is 9.59 Å². The first-order valence-electron chi connectivity index (χ1n) is 9.55. The smallest absolute Gasteiger partial charge is 0.258 e. The van der Waals surface area contributed by atoms with Crippen LogP contribution in [0.4, 0.5) is 5.69 Å². The number of hydrogen-bond donors (Lipinski definition) is 2. The highest BCUT2D eigenvalue weighted by molar-refractivity contribution is 5.95. The van der Waals surface area contributed by atoms with Crippen molar-refractivity contribution in [1.82, 2.24) is 5.32 Å². The first kappa shape index (κ1) is 21.5. The van der Waals surface area contributed by atoms with Crippen LogP contribution < -0.4 is 15.4 Å². The second-order valence-electron chi connectivity index (χ2n) is 7.56. The topological polar surface area (TPSA) is 67.4 Å². The molecule has 0 aliphatic heterocycles. The lowest BCUT2D eigenvalue weighted by molar-refractivity contribution is -0.125. The number of amides is 2. The van der Waals surface area contributed by atoms with Gasteiger partial charge in [0, 0.05) is 5.69 Å². The summed E-state index contributed by atoms with van der Waals surface area (Å²) in [5, 5.41) is 5.46. The average molecular weight is 383 g/mol. The second-order valence-corrected chi connectivity index (χ2v) is 7.56. The number of benzene rings is 2. The van der Waals surface area contributed by atoms with Gasteiger partial charge in [-0.1, -0.05) is 37.6 Å². The molecule has 0 aliphatic carbocycles. The number of rotatable bonds is 7. The summed E-state index contributed by atoms with van der Waals surface area (Å²) in [5.74, 6) is 0.489.